The van der Waals surface area contributed by atoms with Crippen molar-refractivity contribution in [3.05, 3.63) is 0 Å². The van der Waals surface area contributed by atoms with Crippen molar-refractivity contribution in [1.29, 1.82) is 0 Å². The minimum absolute atomic E-state index is 0.135. The maximum Gasteiger partial charge on any atom is 0.140 e. The van der Waals surface area contributed by atoms with E-state index < -0.39 is 0 Å². The van der Waals surface area contributed by atoms with E-state index in [4.69, 9.17) is 0 Å². The van der Waals surface area contributed by atoms with Crippen molar-refractivity contribution in [2.24, 2.45) is 11.8 Å². The molecule has 0 heterocycles. The number of hydrogen-bond acceptors (Lipinski definition) is 2. The lowest BCUT2D eigenvalue weighted by molar-refractivity contribution is -0.127. The minimum Gasteiger partial charge on any atom is -0.299 e. The van der Waals surface area contributed by atoms with E-state index in [2.05, 4.69) is 27.7 Å². The number of carbonyl (C=O) groups is 2. The van der Waals surface area contributed by atoms with Gasteiger partial charge in [0.2, 0.25) is 0 Å². The Balaban J connectivity index is 3.64. The average molecular weight is 268 g/mol. The zero-order valence-corrected chi connectivity index (χ0v) is 13.3. The fraction of sp³-hybridized carbons (Fsp3) is 0.882. The molecule has 0 aromatic heterocycles. The lowest BCUT2D eigenvalue weighted by Crippen LogP contribution is -2.10. The molecule has 1 unspecified atom stereocenters. The van der Waals surface area contributed by atoms with Gasteiger partial charge in [-0.2, -0.15) is 0 Å². The summed E-state index contributed by atoms with van der Waals surface area (Å²) >= 11 is 0. The van der Waals surface area contributed by atoms with Crippen LogP contribution in [-0.2, 0) is 9.59 Å². The van der Waals surface area contributed by atoms with Crippen LogP contribution in [0.15, 0.2) is 0 Å². The fourth-order valence-corrected chi connectivity index (χ4v) is 2.48. The minimum atomic E-state index is 0.135. The van der Waals surface area contributed by atoms with Gasteiger partial charge in [0.1, 0.15) is 11.6 Å². The van der Waals surface area contributed by atoms with E-state index in [1.165, 1.54) is 12.8 Å². The quantitative estimate of drug-likeness (QED) is 0.371. The third-order valence-electron chi connectivity index (χ3n) is 3.49. The predicted molar refractivity (Wildman–Crippen MR) is 81.2 cm³/mol. The van der Waals surface area contributed by atoms with Gasteiger partial charge in [-0.15, -0.1) is 0 Å². The first-order valence-electron chi connectivity index (χ1n) is 7.99. The summed E-state index contributed by atoms with van der Waals surface area (Å²) in [5.41, 5.74) is 0. The van der Waals surface area contributed by atoms with Crippen molar-refractivity contribution in [2.45, 2.75) is 85.5 Å². The van der Waals surface area contributed by atoms with Gasteiger partial charge in [0.25, 0.3) is 0 Å². The Kier molecular flexibility index (Phi) is 10.8. The maximum absolute atomic E-state index is 11.7. The van der Waals surface area contributed by atoms with Gasteiger partial charge >= 0.3 is 0 Å². The van der Waals surface area contributed by atoms with E-state index >= 15 is 0 Å². The van der Waals surface area contributed by atoms with Crippen molar-refractivity contribution in [3.63, 3.8) is 0 Å². The summed E-state index contributed by atoms with van der Waals surface area (Å²) < 4.78 is 0. The average Bonchev–Trinajstić information content (AvgIpc) is 2.31. The largest absolute Gasteiger partial charge is 0.299 e. The van der Waals surface area contributed by atoms with Gasteiger partial charge in [0, 0.05) is 12.8 Å². The first kappa shape index (κ1) is 18.3. The van der Waals surface area contributed by atoms with Crippen molar-refractivity contribution < 1.29 is 9.59 Å². The highest BCUT2D eigenvalue weighted by atomic mass is 16.1. The molecule has 0 amide bonds. The molecule has 2 nitrogen and oxygen atoms in total. The molecule has 0 bridgehead atoms. The molecule has 0 rings (SSSR count). The molecule has 19 heavy (non-hydrogen) atoms. The fourth-order valence-electron chi connectivity index (χ4n) is 2.48. The highest BCUT2D eigenvalue weighted by molar-refractivity contribution is 5.98. The van der Waals surface area contributed by atoms with Crippen LogP contribution < -0.4 is 0 Å². The number of carbonyl (C=O) groups excluding carboxylic acids is 2. The SMILES string of the molecule is CCCCCCC(=O)CC(=O)CCC(C)CC(C)C. The predicted octanol–water partition coefficient (Wildman–Crippen LogP) is 4.95. The Morgan fingerprint density at radius 2 is 1.53 bits per heavy atom. The van der Waals surface area contributed by atoms with E-state index in [0.717, 1.165) is 25.7 Å². The molecule has 0 radical (unpaired) electrons. The Labute approximate surface area is 119 Å². The third kappa shape index (κ3) is 12.1. The van der Waals surface area contributed by atoms with E-state index in [1.807, 2.05) is 0 Å². The summed E-state index contributed by atoms with van der Waals surface area (Å²) in [6.45, 7) is 8.76. The van der Waals surface area contributed by atoms with Crippen LogP contribution in [-0.4, -0.2) is 11.6 Å². The Bertz CT molecular complexity index is 256. The van der Waals surface area contributed by atoms with Crippen LogP contribution >= 0.6 is 0 Å². The second-order valence-electron chi connectivity index (χ2n) is 6.34. The molecule has 0 aromatic carbocycles. The van der Waals surface area contributed by atoms with Gasteiger partial charge in [-0.25, -0.2) is 0 Å². The molecule has 0 aliphatic heterocycles. The first-order valence-corrected chi connectivity index (χ1v) is 7.99. The molecular weight excluding hydrogens is 236 g/mol. The smallest absolute Gasteiger partial charge is 0.140 e. The Hall–Kier alpha value is -0.660. The van der Waals surface area contributed by atoms with E-state index in [0.29, 0.717) is 24.7 Å². The van der Waals surface area contributed by atoms with Gasteiger partial charge < -0.3 is 0 Å². The number of Topliss-reactive ketones (excluding diaryl/α,β-unsaturated/α-hetero) is 2. The normalized spacial score (nSPS) is 12.7. The zero-order chi connectivity index (χ0) is 14.7. The summed E-state index contributed by atoms with van der Waals surface area (Å²) in [5, 5.41) is 0. The van der Waals surface area contributed by atoms with Crippen LogP contribution in [0.5, 0.6) is 0 Å². The van der Waals surface area contributed by atoms with Crippen molar-refractivity contribution >= 4 is 11.6 Å². The zero-order valence-electron chi connectivity index (χ0n) is 13.3. The molecule has 0 N–H and O–H groups in total. The Morgan fingerprint density at radius 1 is 0.895 bits per heavy atom. The molecule has 0 aromatic rings. The molecule has 0 saturated heterocycles. The molecule has 112 valence electrons. The summed E-state index contributed by atoms with van der Waals surface area (Å²) in [6, 6.07) is 0. The highest BCUT2D eigenvalue weighted by Gasteiger charge is 2.12. The molecule has 0 aliphatic carbocycles. The molecule has 0 aliphatic rings. The van der Waals surface area contributed by atoms with Gasteiger partial charge in [-0.3, -0.25) is 9.59 Å². The van der Waals surface area contributed by atoms with Crippen LogP contribution in [0.25, 0.3) is 0 Å². The molecule has 1 atom stereocenters. The number of hydrogen-bond donors (Lipinski definition) is 0. The monoisotopic (exact) mass is 268 g/mol. The third-order valence-corrected chi connectivity index (χ3v) is 3.49. The number of rotatable bonds is 12. The van der Waals surface area contributed by atoms with Crippen LogP contribution in [0.4, 0.5) is 0 Å². The maximum atomic E-state index is 11.7. The van der Waals surface area contributed by atoms with Crippen LogP contribution in [0.2, 0.25) is 0 Å². The molecule has 0 fully saturated rings. The molecule has 0 saturated carbocycles. The first-order chi connectivity index (χ1) is 8.95. The molecule has 2 heteroatoms. The van der Waals surface area contributed by atoms with Crippen molar-refractivity contribution in [3.8, 4) is 0 Å². The van der Waals surface area contributed by atoms with Gasteiger partial charge in [0.15, 0.2) is 0 Å². The van der Waals surface area contributed by atoms with E-state index in [1.54, 1.807) is 0 Å². The topological polar surface area (TPSA) is 34.1 Å². The van der Waals surface area contributed by atoms with E-state index in [9.17, 15) is 9.59 Å². The van der Waals surface area contributed by atoms with Crippen LogP contribution in [0, 0.1) is 11.8 Å². The summed E-state index contributed by atoms with van der Waals surface area (Å²) in [7, 11) is 0. The van der Waals surface area contributed by atoms with Gasteiger partial charge in [0.05, 0.1) is 6.42 Å². The second-order valence-corrected chi connectivity index (χ2v) is 6.34. The van der Waals surface area contributed by atoms with Crippen LogP contribution in [0.3, 0.4) is 0 Å². The standard InChI is InChI=1S/C17H32O2/c1-5-6-7-8-9-16(18)13-17(19)11-10-15(4)12-14(2)3/h14-15H,5-13H2,1-4H3. The second kappa shape index (κ2) is 11.2. The summed E-state index contributed by atoms with van der Waals surface area (Å²) in [6.07, 6.45) is 7.86. The number of unbranched alkanes of at least 4 members (excludes halogenated alkanes) is 3. The van der Waals surface area contributed by atoms with Crippen molar-refractivity contribution in [2.75, 3.05) is 0 Å². The van der Waals surface area contributed by atoms with Crippen molar-refractivity contribution in [1.82, 2.24) is 0 Å². The Morgan fingerprint density at radius 3 is 2.11 bits per heavy atom. The summed E-state index contributed by atoms with van der Waals surface area (Å²) in [4.78, 5) is 23.3. The van der Waals surface area contributed by atoms with E-state index in [-0.39, 0.29) is 18.0 Å². The van der Waals surface area contributed by atoms with Gasteiger partial charge in [-0.1, -0.05) is 47.0 Å². The lowest BCUT2D eigenvalue weighted by Gasteiger charge is -2.12. The summed E-state index contributed by atoms with van der Waals surface area (Å²) in [5.74, 6) is 1.54. The molecular formula is C17H32O2. The number of ketones is 2. The molecule has 0 spiro atoms. The van der Waals surface area contributed by atoms with Gasteiger partial charge in [-0.05, 0) is 31.1 Å². The van der Waals surface area contributed by atoms with Crippen LogP contribution in [0.1, 0.15) is 85.5 Å². The highest BCUT2D eigenvalue weighted by Crippen LogP contribution is 2.17. The lowest BCUT2D eigenvalue weighted by atomic mass is 9.93.